The number of hydrogen-bond donors (Lipinski definition) is 1. The van der Waals surface area contributed by atoms with Crippen molar-refractivity contribution >= 4 is 10.8 Å². The molecule has 3 rings (SSSR count). The predicted octanol–water partition coefficient (Wildman–Crippen LogP) is 4.04. The van der Waals surface area contributed by atoms with Crippen molar-refractivity contribution in [1.29, 1.82) is 0 Å². The second-order valence-electron chi connectivity index (χ2n) is 4.70. The summed E-state index contributed by atoms with van der Waals surface area (Å²) in [6, 6.07) is 16.4. The first-order valence-corrected chi connectivity index (χ1v) is 6.60. The first kappa shape index (κ1) is 12.0. The summed E-state index contributed by atoms with van der Waals surface area (Å²) in [6.07, 6.45) is 2.58. The maximum atomic E-state index is 6.44. The van der Waals surface area contributed by atoms with E-state index in [4.69, 9.17) is 10.2 Å². The van der Waals surface area contributed by atoms with E-state index in [0.717, 1.165) is 23.3 Å². The molecule has 0 fully saturated rings. The standard InChI is InChI=1S/C17H17NO/c1-2-16-15(10-11-19-16)17(18)14-9-5-7-12-6-3-4-8-13(12)14/h3-11,17H,2,18H2,1H3. The number of furan rings is 1. The third kappa shape index (κ3) is 2.04. The minimum atomic E-state index is -0.139. The molecule has 1 atom stereocenters. The highest BCUT2D eigenvalue weighted by Gasteiger charge is 2.16. The van der Waals surface area contributed by atoms with E-state index in [2.05, 4.69) is 43.3 Å². The van der Waals surface area contributed by atoms with E-state index in [9.17, 15) is 0 Å². The molecule has 0 aliphatic rings. The van der Waals surface area contributed by atoms with Gasteiger partial charge in [0.15, 0.2) is 0 Å². The Hall–Kier alpha value is -2.06. The van der Waals surface area contributed by atoms with Crippen LogP contribution < -0.4 is 5.73 Å². The van der Waals surface area contributed by atoms with Crippen LogP contribution in [0.15, 0.2) is 59.2 Å². The van der Waals surface area contributed by atoms with E-state index >= 15 is 0 Å². The molecule has 0 saturated carbocycles. The number of nitrogens with two attached hydrogens (primary N) is 1. The third-order valence-electron chi connectivity index (χ3n) is 3.59. The molecule has 2 N–H and O–H groups in total. The van der Waals surface area contributed by atoms with Crippen LogP contribution in [0.25, 0.3) is 10.8 Å². The van der Waals surface area contributed by atoms with Crippen molar-refractivity contribution in [3.05, 3.63) is 71.7 Å². The zero-order valence-electron chi connectivity index (χ0n) is 11.0. The molecule has 1 unspecified atom stereocenters. The normalized spacial score (nSPS) is 12.7. The molecular formula is C17H17NO. The lowest BCUT2D eigenvalue weighted by atomic mass is 9.94. The zero-order chi connectivity index (χ0) is 13.2. The number of aryl methyl sites for hydroxylation is 1. The van der Waals surface area contributed by atoms with E-state index in [1.807, 2.05) is 12.1 Å². The molecule has 0 radical (unpaired) electrons. The highest BCUT2D eigenvalue weighted by atomic mass is 16.3. The van der Waals surface area contributed by atoms with Gasteiger partial charge >= 0.3 is 0 Å². The first-order chi connectivity index (χ1) is 9.31. The van der Waals surface area contributed by atoms with Crippen LogP contribution in [-0.2, 0) is 6.42 Å². The molecule has 2 nitrogen and oxygen atoms in total. The van der Waals surface area contributed by atoms with Gasteiger partial charge in [-0.3, -0.25) is 0 Å². The second kappa shape index (κ2) is 4.90. The van der Waals surface area contributed by atoms with Crippen LogP contribution >= 0.6 is 0 Å². The fraction of sp³-hybridized carbons (Fsp3) is 0.176. The number of hydrogen-bond acceptors (Lipinski definition) is 2. The minimum Gasteiger partial charge on any atom is -0.469 e. The van der Waals surface area contributed by atoms with Gasteiger partial charge in [0, 0.05) is 12.0 Å². The average Bonchev–Trinajstić information content (AvgIpc) is 2.94. The Labute approximate surface area is 112 Å². The van der Waals surface area contributed by atoms with Crippen LogP contribution in [0.1, 0.15) is 29.9 Å². The van der Waals surface area contributed by atoms with Crippen molar-refractivity contribution < 1.29 is 4.42 Å². The van der Waals surface area contributed by atoms with Crippen molar-refractivity contribution in [1.82, 2.24) is 0 Å². The summed E-state index contributed by atoms with van der Waals surface area (Å²) in [5.74, 6) is 0.973. The van der Waals surface area contributed by atoms with Crippen molar-refractivity contribution in [2.24, 2.45) is 5.73 Å². The molecule has 0 saturated heterocycles. The SMILES string of the molecule is CCc1occc1C(N)c1cccc2ccccc12. The number of fused-ring (bicyclic) bond motifs is 1. The van der Waals surface area contributed by atoms with E-state index in [1.165, 1.54) is 10.8 Å². The smallest absolute Gasteiger partial charge is 0.108 e. The maximum absolute atomic E-state index is 6.44. The highest BCUT2D eigenvalue weighted by molar-refractivity contribution is 5.86. The van der Waals surface area contributed by atoms with Crippen LogP contribution in [0.4, 0.5) is 0 Å². The molecule has 19 heavy (non-hydrogen) atoms. The second-order valence-corrected chi connectivity index (χ2v) is 4.70. The monoisotopic (exact) mass is 251 g/mol. The molecule has 3 aromatic rings. The topological polar surface area (TPSA) is 39.2 Å². The summed E-state index contributed by atoms with van der Waals surface area (Å²) in [4.78, 5) is 0. The molecule has 0 spiro atoms. The maximum Gasteiger partial charge on any atom is 0.108 e. The van der Waals surface area contributed by atoms with Gasteiger partial charge in [-0.05, 0) is 22.4 Å². The van der Waals surface area contributed by atoms with Crippen LogP contribution in [0.3, 0.4) is 0 Å². The van der Waals surface area contributed by atoms with Gasteiger partial charge in [0.2, 0.25) is 0 Å². The molecule has 2 aromatic carbocycles. The largest absolute Gasteiger partial charge is 0.469 e. The summed E-state index contributed by atoms with van der Waals surface area (Å²) in [5, 5.41) is 2.43. The third-order valence-corrected chi connectivity index (χ3v) is 3.59. The van der Waals surface area contributed by atoms with Gasteiger partial charge in [0.25, 0.3) is 0 Å². The highest BCUT2D eigenvalue weighted by Crippen LogP contribution is 2.29. The van der Waals surface area contributed by atoms with E-state index < -0.39 is 0 Å². The summed E-state index contributed by atoms with van der Waals surface area (Å²) in [5.41, 5.74) is 8.67. The molecule has 96 valence electrons. The Kier molecular flexibility index (Phi) is 3.10. The van der Waals surface area contributed by atoms with E-state index in [1.54, 1.807) is 6.26 Å². The van der Waals surface area contributed by atoms with Crippen LogP contribution in [0.2, 0.25) is 0 Å². The molecular weight excluding hydrogens is 234 g/mol. The van der Waals surface area contributed by atoms with Gasteiger partial charge in [-0.1, -0.05) is 49.4 Å². The van der Waals surface area contributed by atoms with Gasteiger partial charge < -0.3 is 10.2 Å². The Morgan fingerprint density at radius 1 is 1.00 bits per heavy atom. The van der Waals surface area contributed by atoms with Gasteiger partial charge in [-0.15, -0.1) is 0 Å². The molecule has 1 heterocycles. The summed E-state index contributed by atoms with van der Waals surface area (Å²) in [7, 11) is 0. The lowest BCUT2D eigenvalue weighted by molar-refractivity contribution is 0.509. The molecule has 0 amide bonds. The molecule has 1 aromatic heterocycles. The predicted molar refractivity (Wildman–Crippen MR) is 78.1 cm³/mol. The first-order valence-electron chi connectivity index (χ1n) is 6.60. The molecule has 2 heteroatoms. The van der Waals surface area contributed by atoms with E-state index in [-0.39, 0.29) is 6.04 Å². The summed E-state index contributed by atoms with van der Waals surface area (Å²) < 4.78 is 5.49. The Bertz CT molecular complexity index is 694. The lowest BCUT2D eigenvalue weighted by Crippen LogP contribution is -2.13. The quantitative estimate of drug-likeness (QED) is 0.763. The van der Waals surface area contributed by atoms with E-state index in [0.29, 0.717) is 0 Å². The van der Waals surface area contributed by atoms with Gasteiger partial charge in [0.1, 0.15) is 5.76 Å². The van der Waals surface area contributed by atoms with Crippen molar-refractivity contribution in [3.8, 4) is 0 Å². The van der Waals surface area contributed by atoms with Crippen LogP contribution in [0, 0.1) is 0 Å². The molecule has 0 aliphatic carbocycles. The lowest BCUT2D eigenvalue weighted by Gasteiger charge is -2.14. The van der Waals surface area contributed by atoms with Gasteiger partial charge in [0.05, 0.1) is 12.3 Å². The van der Waals surface area contributed by atoms with Crippen molar-refractivity contribution in [3.63, 3.8) is 0 Å². The van der Waals surface area contributed by atoms with Crippen molar-refractivity contribution in [2.75, 3.05) is 0 Å². The Morgan fingerprint density at radius 3 is 2.63 bits per heavy atom. The zero-order valence-corrected chi connectivity index (χ0v) is 11.0. The fourth-order valence-electron chi connectivity index (χ4n) is 2.60. The summed E-state index contributed by atoms with van der Waals surface area (Å²) in [6.45, 7) is 2.08. The van der Waals surface area contributed by atoms with Crippen LogP contribution in [-0.4, -0.2) is 0 Å². The number of rotatable bonds is 3. The van der Waals surface area contributed by atoms with Gasteiger partial charge in [-0.25, -0.2) is 0 Å². The summed E-state index contributed by atoms with van der Waals surface area (Å²) >= 11 is 0. The van der Waals surface area contributed by atoms with Crippen molar-refractivity contribution in [2.45, 2.75) is 19.4 Å². The molecule has 0 bridgehead atoms. The minimum absolute atomic E-state index is 0.139. The van der Waals surface area contributed by atoms with Crippen LogP contribution in [0.5, 0.6) is 0 Å². The number of benzene rings is 2. The Balaban J connectivity index is 2.14. The van der Waals surface area contributed by atoms with Gasteiger partial charge in [-0.2, -0.15) is 0 Å². The average molecular weight is 251 g/mol. The Morgan fingerprint density at radius 2 is 1.79 bits per heavy atom. The fourth-order valence-corrected chi connectivity index (χ4v) is 2.60. The molecule has 0 aliphatic heterocycles.